The highest BCUT2D eigenvalue weighted by Crippen LogP contribution is 2.19. The summed E-state index contributed by atoms with van der Waals surface area (Å²) in [4.78, 5) is 0. The molecule has 84 valence electrons. The van der Waals surface area contributed by atoms with Crippen molar-refractivity contribution in [3.8, 4) is 5.69 Å². The van der Waals surface area contributed by atoms with Crippen molar-refractivity contribution in [2.45, 2.75) is 20.3 Å². The van der Waals surface area contributed by atoms with Crippen molar-refractivity contribution in [1.82, 2.24) is 9.78 Å². The lowest BCUT2D eigenvalue weighted by atomic mass is 10.1. The van der Waals surface area contributed by atoms with Gasteiger partial charge in [0.1, 0.15) is 5.69 Å². The van der Waals surface area contributed by atoms with E-state index in [9.17, 15) is 8.78 Å². The normalized spacial score (nSPS) is 11.1. The molecule has 0 saturated heterocycles. The van der Waals surface area contributed by atoms with Crippen LogP contribution in [0.4, 0.5) is 8.78 Å². The zero-order chi connectivity index (χ0) is 11.7. The standard InChI is InChI=1S/C12H12F2N2/c1-8-3-4-11(9(2)7-8)16-6-5-10(15-16)12(13)14/h3-7,12H,1-2H3. The van der Waals surface area contributed by atoms with Gasteiger partial charge in [-0.25, -0.2) is 13.5 Å². The van der Waals surface area contributed by atoms with Gasteiger partial charge in [-0.1, -0.05) is 17.7 Å². The Morgan fingerprint density at radius 1 is 1.19 bits per heavy atom. The third kappa shape index (κ3) is 1.96. The van der Waals surface area contributed by atoms with Gasteiger partial charge in [0.05, 0.1) is 5.69 Å². The predicted octanol–water partition coefficient (Wildman–Crippen LogP) is 3.43. The van der Waals surface area contributed by atoms with Crippen LogP contribution in [0.5, 0.6) is 0 Å². The molecule has 16 heavy (non-hydrogen) atoms. The second-order valence-corrected chi connectivity index (χ2v) is 3.78. The van der Waals surface area contributed by atoms with Crippen LogP contribution in [0.2, 0.25) is 0 Å². The van der Waals surface area contributed by atoms with Crippen LogP contribution < -0.4 is 0 Å². The van der Waals surface area contributed by atoms with Gasteiger partial charge >= 0.3 is 0 Å². The zero-order valence-electron chi connectivity index (χ0n) is 9.11. The number of alkyl halides is 2. The summed E-state index contributed by atoms with van der Waals surface area (Å²) in [5, 5.41) is 3.84. The van der Waals surface area contributed by atoms with Gasteiger partial charge in [0.15, 0.2) is 0 Å². The maximum Gasteiger partial charge on any atom is 0.282 e. The monoisotopic (exact) mass is 222 g/mol. The number of hydrogen-bond acceptors (Lipinski definition) is 1. The third-order valence-electron chi connectivity index (χ3n) is 2.43. The molecule has 2 aromatic rings. The quantitative estimate of drug-likeness (QED) is 0.761. The molecule has 0 spiro atoms. The molecule has 1 aromatic heterocycles. The molecule has 0 aliphatic carbocycles. The van der Waals surface area contributed by atoms with Crippen LogP contribution >= 0.6 is 0 Å². The number of nitrogens with zero attached hydrogens (tertiary/aromatic N) is 2. The molecule has 1 aromatic carbocycles. The molecular formula is C12H12F2N2. The molecule has 0 radical (unpaired) electrons. The highest BCUT2D eigenvalue weighted by Gasteiger charge is 2.11. The zero-order valence-corrected chi connectivity index (χ0v) is 9.11. The lowest BCUT2D eigenvalue weighted by Crippen LogP contribution is -1.99. The van der Waals surface area contributed by atoms with Crippen LogP contribution in [0.25, 0.3) is 5.69 Å². The first-order chi connectivity index (χ1) is 7.58. The average Bonchev–Trinajstić information content (AvgIpc) is 2.66. The second-order valence-electron chi connectivity index (χ2n) is 3.78. The maximum absolute atomic E-state index is 12.4. The van der Waals surface area contributed by atoms with Crippen molar-refractivity contribution < 1.29 is 8.78 Å². The summed E-state index contributed by atoms with van der Waals surface area (Å²) in [6, 6.07) is 7.15. The van der Waals surface area contributed by atoms with Crippen molar-refractivity contribution in [3.05, 3.63) is 47.3 Å². The molecule has 0 unspecified atom stereocenters. The predicted molar refractivity (Wildman–Crippen MR) is 58.0 cm³/mol. The van der Waals surface area contributed by atoms with Crippen molar-refractivity contribution in [2.24, 2.45) is 0 Å². The van der Waals surface area contributed by atoms with E-state index in [1.807, 2.05) is 32.0 Å². The number of halogens is 2. The first-order valence-electron chi connectivity index (χ1n) is 4.99. The summed E-state index contributed by atoms with van der Waals surface area (Å²) in [5.41, 5.74) is 2.80. The molecule has 0 saturated carbocycles. The first-order valence-corrected chi connectivity index (χ1v) is 4.99. The molecule has 0 aliphatic rings. The molecular weight excluding hydrogens is 210 g/mol. The lowest BCUT2D eigenvalue weighted by Gasteiger charge is -2.06. The second kappa shape index (κ2) is 4.04. The Hall–Kier alpha value is -1.71. The van der Waals surface area contributed by atoms with E-state index in [0.717, 1.165) is 16.8 Å². The van der Waals surface area contributed by atoms with Gasteiger partial charge in [-0.3, -0.25) is 0 Å². The van der Waals surface area contributed by atoms with Crippen LogP contribution in [-0.4, -0.2) is 9.78 Å². The molecule has 1 heterocycles. The number of rotatable bonds is 2. The Morgan fingerprint density at radius 3 is 2.50 bits per heavy atom. The summed E-state index contributed by atoms with van der Waals surface area (Å²) in [6.45, 7) is 3.93. The Bertz CT molecular complexity index is 503. The van der Waals surface area contributed by atoms with Crippen LogP contribution in [0, 0.1) is 13.8 Å². The Morgan fingerprint density at radius 2 is 1.94 bits per heavy atom. The number of benzene rings is 1. The Balaban J connectivity index is 2.42. The summed E-state index contributed by atoms with van der Waals surface area (Å²) < 4.78 is 26.3. The average molecular weight is 222 g/mol. The van der Waals surface area contributed by atoms with E-state index < -0.39 is 6.43 Å². The fraction of sp³-hybridized carbons (Fsp3) is 0.250. The molecule has 2 nitrogen and oxygen atoms in total. The molecule has 0 atom stereocenters. The first kappa shape index (κ1) is 10.8. The maximum atomic E-state index is 12.4. The summed E-state index contributed by atoms with van der Waals surface area (Å²) >= 11 is 0. The molecule has 0 bridgehead atoms. The summed E-state index contributed by atoms with van der Waals surface area (Å²) in [6.07, 6.45) is -0.967. The van der Waals surface area contributed by atoms with Gasteiger partial charge in [-0.2, -0.15) is 5.10 Å². The summed E-state index contributed by atoms with van der Waals surface area (Å²) in [7, 11) is 0. The minimum absolute atomic E-state index is 0.194. The molecule has 0 N–H and O–H groups in total. The van der Waals surface area contributed by atoms with E-state index in [2.05, 4.69) is 5.10 Å². The van der Waals surface area contributed by atoms with Crippen LogP contribution in [-0.2, 0) is 0 Å². The Labute approximate surface area is 92.5 Å². The van der Waals surface area contributed by atoms with Crippen LogP contribution in [0.1, 0.15) is 23.2 Å². The smallest absolute Gasteiger partial charge is 0.240 e. The minimum Gasteiger partial charge on any atom is -0.240 e. The van der Waals surface area contributed by atoms with Gasteiger partial charge in [0.2, 0.25) is 0 Å². The van der Waals surface area contributed by atoms with Gasteiger partial charge < -0.3 is 0 Å². The van der Waals surface area contributed by atoms with Crippen molar-refractivity contribution in [1.29, 1.82) is 0 Å². The van der Waals surface area contributed by atoms with E-state index in [1.54, 1.807) is 6.20 Å². The summed E-state index contributed by atoms with van der Waals surface area (Å²) in [5.74, 6) is 0. The van der Waals surface area contributed by atoms with E-state index in [4.69, 9.17) is 0 Å². The van der Waals surface area contributed by atoms with Crippen molar-refractivity contribution in [2.75, 3.05) is 0 Å². The van der Waals surface area contributed by atoms with E-state index in [-0.39, 0.29) is 5.69 Å². The van der Waals surface area contributed by atoms with Crippen molar-refractivity contribution >= 4 is 0 Å². The van der Waals surface area contributed by atoms with Gasteiger partial charge in [-0.15, -0.1) is 0 Å². The van der Waals surface area contributed by atoms with E-state index in [0.29, 0.717) is 0 Å². The minimum atomic E-state index is -2.52. The molecule has 0 amide bonds. The number of aromatic nitrogens is 2. The van der Waals surface area contributed by atoms with Crippen LogP contribution in [0.15, 0.2) is 30.5 Å². The topological polar surface area (TPSA) is 17.8 Å². The van der Waals surface area contributed by atoms with Gasteiger partial charge in [-0.05, 0) is 31.5 Å². The molecule has 2 rings (SSSR count). The molecule has 0 aliphatic heterocycles. The SMILES string of the molecule is Cc1ccc(-n2ccc(C(F)F)n2)c(C)c1. The Kier molecular flexibility index (Phi) is 2.73. The highest BCUT2D eigenvalue weighted by atomic mass is 19.3. The van der Waals surface area contributed by atoms with Gasteiger partial charge in [0, 0.05) is 6.20 Å². The van der Waals surface area contributed by atoms with E-state index in [1.165, 1.54) is 10.7 Å². The highest BCUT2D eigenvalue weighted by molar-refractivity contribution is 5.41. The fourth-order valence-corrected chi connectivity index (χ4v) is 1.65. The number of hydrogen-bond donors (Lipinski definition) is 0. The molecule has 4 heteroatoms. The van der Waals surface area contributed by atoms with E-state index >= 15 is 0 Å². The third-order valence-corrected chi connectivity index (χ3v) is 2.43. The van der Waals surface area contributed by atoms with Gasteiger partial charge in [0.25, 0.3) is 6.43 Å². The lowest BCUT2D eigenvalue weighted by molar-refractivity contribution is 0.145. The fourth-order valence-electron chi connectivity index (χ4n) is 1.65. The van der Waals surface area contributed by atoms with Crippen LogP contribution in [0.3, 0.4) is 0 Å². The van der Waals surface area contributed by atoms with Crippen molar-refractivity contribution in [3.63, 3.8) is 0 Å². The molecule has 0 fully saturated rings. The number of aryl methyl sites for hydroxylation is 2. The largest absolute Gasteiger partial charge is 0.282 e.